The molecule has 3 rings (SSSR count). The number of ether oxygens (including phenoxy) is 1. The third-order valence-corrected chi connectivity index (χ3v) is 5.15. The number of hydrogen-bond donors (Lipinski definition) is 0. The fourth-order valence-corrected chi connectivity index (χ4v) is 3.63. The summed E-state index contributed by atoms with van der Waals surface area (Å²) >= 11 is 0. The lowest BCUT2D eigenvalue weighted by Crippen LogP contribution is -2.53. The van der Waals surface area contributed by atoms with Gasteiger partial charge in [-0.3, -0.25) is 9.78 Å². The molecule has 3 heterocycles. The molecule has 1 aromatic heterocycles. The summed E-state index contributed by atoms with van der Waals surface area (Å²) in [5, 5.41) is 0. The van der Waals surface area contributed by atoms with Crippen molar-refractivity contribution in [1.29, 1.82) is 0 Å². The Kier molecular flexibility index (Phi) is 3.68. The lowest BCUT2D eigenvalue weighted by atomic mass is 10.1. The Balaban J connectivity index is 1.80. The van der Waals surface area contributed by atoms with Crippen molar-refractivity contribution in [3.8, 4) is 0 Å². The lowest BCUT2D eigenvalue weighted by molar-refractivity contribution is -0.153. The van der Waals surface area contributed by atoms with Crippen LogP contribution in [0.4, 0.5) is 0 Å². The van der Waals surface area contributed by atoms with Gasteiger partial charge < -0.3 is 9.64 Å². The number of morpholine rings is 1. The average molecular weight is 311 g/mol. The Labute approximate surface area is 123 Å². The van der Waals surface area contributed by atoms with Gasteiger partial charge in [0.05, 0.1) is 18.4 Å². The molecule has 8 heteroatoms. The largest absolute Gasteiger partial charge is 0.365 e. The molecule has 114 valence electrons. The predicted molar refractivity (Wildman–Crippen MR) is 74.7 cm³/mol. The molecule has 2 aliphatic rings. The molecule has 2 aliphatic heterocycles. The van der Waals surface area contributed by atoms with E-state index >= 15 is 0 Å². The minimum Gasteiger partial charge on any atom is -0.365 e. The zero-order valence-corrected chi connectivity index (χ0v) is 12.5. The molecular formula is C13H17N3O4S. The van der Waals surface area contributed by atoms with Crippen molar-refractivity contribution in [3.63, 3.8) is 0 Å². The third-order valence-electron chi connectivity index (χ3n) is 3.92. The number of nitrogens with zero attached hydrogens (tertiary/aromatic N) is 3. The highest BCUT2D eigenvalue weighted by molar-refractivity contribution is 7.88. The molecule has 0 bridgehead atoms. The van der Waals surface area contributed by atoms with Crippen LogP contribution < -0.4 is 0 Å². The number of rotatable bonds is 3. The highest BCUT2D eigenvalue weighted by Crippen LogP contribution is 2.26. The normalized spacial score (nSPS) is 26.9. The van der Waals surface area contributed by atoms with Crippen molar-refractivity contribution < 1.29 is 17.9 Å². The number of sulfonamides is 1. The quantitative estimate of drug-likeness (QED) is 0.748. The molecule has 21 heavy (non-hydrogen) atoms. The van der Waals surface area contributed by atoms with Crippen LogP contribution in [0, 0.1) is 0 Å². The van der Waals surface area contributed by atoms with Crippen LogP contribution in [0.25, 0.3) is 0 Å². The second-order valence-corrected chi connectivity index (χ2v) is 7.36. The van der Waals surface area contributed by atoms with Crippen molar-refractivity contribution in [2.75, 3.05) is 26.0 Å². The zero-order chi connectivity index (χ0) is 15.0. The second kappa shape index (κ2) is 5.36. The van der Waals surface area contributed by atoms with Crippen molar-refractivity contribution in [1.82, 2.24) is 14.2 Å². The van der Waals surface area contributed by atoms with Crippen LogP contribution in [0.3, 0.4) is 0 Å². The molecule has 7 nitrogen and oxygen atoms in total. The molecular weight excluding hydrogens is 294 g/mol. The first kappa shape index (κ1) is 14.4. The van der Waals surface area contributed by atoms with Gasteiger partial charge in [-0.2, -0.15) is 4.31 Å². The van der Waals surface area contributed by atoms with E-state index in [1.165, 1.54) is 10.6 Å². The highest BCUT2D eigenvalue weighted by Gasteiger charge is 2.45. The molecule has 0 saturated carbocycles. The van der Waals surface area contributed by atoms with E-state index in [4.69, 9.17) is 4.74 Å². The summed E-state index contributed by atoms with van der Waals surface area (Å²) in [6.45, 7) is 1.05. The highest BCUT2D eigenvalue weighted by atomic mass is 32.2. The van der Waals surface area contributed by atoms with Crippen LogP contribution in [-0.4, -0.2) is 66.6 Å². The van der Waals surface area contributed by atoms with Gasteiger partial charge in [-0.25, -0.2) is 8.42 Å². The van der Waals surface area contributed by atoms with Gasteiger partial charge in [-0.1, -0.05) is 0 Å². The standard InChI is InChI=1S/C13H17N3O4S/c1-21(18,19)15-7-11-12(8-15)20-9-13(17)16(11)6-10-2-4-14-5-3-10/h2-5,11-12H,6-9H2,1H3. The molecule has 0 aromatic carbocycles. The minimum atomic E-state index is -3.27. The van der Waals surface area contributed by atoms with Crippen LogP contribution >= 0.6 is 0 Å². The SMILES string of the molecule is CS(=O)(=O)N1CC2OCC(=O)N(Cc3ccncc3)C2C1. The Morgan fingerprint density at radius 3 is 2.71 bits per heavy atom. The fraction of sp³-hybridized carbons (Fsp3) is 0.538. The average Bonchev–Trinajstić information content (AvgIpc) is 2.88. The van der Waals surface area contributed by atoms with Crippen LogP contribution in [0.5, 0.6) is 0 Å². The number of aromatic nitrogens is 1. The summed E-state index contributed by atoms with van der Waals surface area (Å²) < 4.78 is 30.2. The van der Waals surface area contributed by atoms with E-state index in [0.29, 0.717) is 19.6 Å². The third kappa shape index (κ3) is 2.92. The maximum absolute atomic E-state index is 12.1. The number of pyridine rings is 1. The summed E-state index contributed by atoms with van der Waals surface area (Å²) in [4.78, 5) is 17.8. The van der Waals surface area contributed by atoms with Gasteiger partial charge in [0.15, 0.2) is 0 Å². The molecule has 2 saturated heterocycles. The van der Waals surface area contributed by atoms with Gasteiger partial charge in [-0.05, 0) is 17.7 Å². The van der Waals surface area contributed by atoms with E-state index in [2.05, 4.69) is 4.98 Å². The van der Waals surface area contributed by atoms with Crippen molar-refractivity contribution in [3.05, 3.63) is 30.1 Å². The first-order valence-corrected chi connectivity index (χ1v) is 8.55. The zero-order valence-electron chi connectivity index (χ0n) is 11.7. The van der Waals surface area contributed by atoms with Gasteiger partial charge >= 0.3 is 0 Å². The minimum absolute atomic E-state index is 0.00382. The Morgan fingerprint density at radius 1 is 1.33 bits per heavy atom. The van der Waals surface area contributed by atoms with Crippen LogP contribution in [-0.2, 0) is 26.1 Å². The van der Waals surface area contributed by atoms with Crippen molar-refractivity contribution >= 4 is 15.9 Å². The molecule has 0 radical (unpaired) electrons. The Hall–Kier alpha value is -1.51. The molecule has 0 aliphatic carbocycles. The van der Waals surface area contributed by atoms with Gasteiger partial charge in [0.2, 0.25) is 15.9 Å². The van der Waals surface area contributed by atoms with E-state index in [9.17, 15) is 13.2 Å². The van der Waals surface area contributed by atoms with Gasteiger partial charge in [-0.15, -0.1) is 0 Å². The van der Waals surface area contributed by atoms with Crippen molar-refractivity contribution in [2.45, 2.75) is 18.7 Å². The number of carbonyl (C=O) groups is 1. The number of carbonyl (C=O) groups excluding carboxylic acids is 1. The summed E-state index contributed by atoms with van der Waals surface area (Å²) in [7, 11) is -3.27. The predicted octanol–water partition coefficient (Wildman–Crippen LogP) is -0.547. The van der Waals surface area contributed by atoms with E-state index in [0.717, 1.165) is 5.56 Å². The molecule has 2 unspecified atom stereocenters. The number of hydrogen-bond acceptors (Lipinski definition) is 5. The van der Waals surface area contributed by atoms with E-state index in [-0.39, 0.29) is 24.7 Å². The number of fused-ring (bicyclic) bond motifs is 1. The smallest absolute Gasteiger partial charge is 0.249 e. The monoisotopic (exact) mass is 311 g/mol. The molecule has 0 spiro atoms. The van der Waals surface area contributed by atoms with Gasteiger partial charge in [0.1, 0.15) is 6.61 Å². The van der Waals surface area contributed by atoms with Crippen LogP contribution in [0.1, 0.15) is 5.56 Å². The maximum atomic E-state index is 12.1. The van der Waals surface area contributed by atoms with Gasteiger partial charge in [0, 0.05) is 32.0 Å². The van der Waals surface area contributed by atoms with E-state index in [1.54, 1.807) is 17.3 Å². The first-order valence-electron chi connectivity index (χ1n) is 6.70. The lowest BCUT2D eigenvalue weighted by Gasteiger charge is -2.36. The topological polar surface area (TPSA) is 79.8 Å². The van der Waals surface area contributed by atoms with E-state index in [1.807, 2.05) is 12.1 Å². The fourth-order valence-electron chi connectivity index (χ4n) is 2.79. The molecule has 1 amide bonds. The van der Waals surface area contributed by atoms with Gasteiger partial charge in [0.25, 0.3) is 0 Å². The van der Waals surface area contributed by atoms with Crippen LogP contribution in [0.15, 0.2) is 24.5 Å². The summed E-state index contributed by atoms with van der Waals surface area (Å²) in [5.41, 5.74) is 0.969. The summed E-state index contributed by atoms with van der Waals surface area (Å²) in [6, 6.07) is 3.47. The second-order valence-electron chi connectivity index (χ2n) is 5.37. The summed E-state index contributed by atoms with van der Waals surface area (Å²) in [6.07, 6.45) is 4.28. The van der Waals surface area contributed by atoms with Crippen molar-refractivity contribution in [2.24, 2.45) is 0 Å². The molecule has 2 atom stereocenters. The Bertz CT molecular complexity index is 634. The number of amides is 1. The first-order chi connectivity index (χ1) is 9.95. The molecule has 1 aromatic rings. The maximum Gasteiger partial charge on any atom is 0.249 e. The Morgan fingerprint density at radius 2 is 2.05 bits per heavy atom. The summed E-state index contributed by atoms with van der Waals surface area (Å²) in [5.74, 6) is -0.108. The molecule has 2 fully saturated rings. The van der Waals surface area contributed by atoms with Crippen LogP contribution in [0.2, 0.25) is 0 Å². The molecule has 0 N–H and O–H groups in total. The van der Waals surface area contributed by atoms with E-state index < -0.39 is 10.0 Å².